The lowest BCUT2D eigenvalue weighted by Crippen LogP contribution is -2.58. The highest BCUT2D eigenvalue weighted by molar-refractivity contribution is 5.93. The number of nitro benzene ring substituents is 1. The predicted octanol–water partition coefficient (Wildman–Crippen LogP) is 6.36. The van der Waals surface area contributed by atoms with Crippen LogP contribution >= 0.6 is 0 Å². The molecule has 11 heteroatoms. The first-order valence-electron chi connectivity index (χ1n) is 16.1. The van der Waals surface area contributed by atoms with Crippen molar-refractivity contribution >= 4 is 39.9 Å². The molecule has 0 spiro atoms. The van der Waals surface area contributed by atoms with Gasteiger partial charge < -0.3 is 10.1 Å². The van der Waals surface area contributed by atoms with E-state index in [1.165, 1.54) is 11.6 Å². The van der Waals surface area contributed by atoms with E-state index < -0.39 is 4.92 Å². The number of aromatic nitrogens is 2. The Kier molecular flexibility index (Phi) is 8.09. The first-order valence-corrected chi connectivity index (χ1v) is 16.1. The minimum Gasteiger partial charge on any atom is -0.462 e. The summed E-state index contributed by atoms with van der Waals surface area (Å²) < 4.78 is 11.1. The maximum Gasteiger partial charge on any atom is 0.306 e. The van der Waals surface area contributed by atoms with E-state index in [1.54, 1.807) is 13.0 Å². The number of allylic oxidation sites excluding steroid dienone is 1. The lowest BCUT2D eigenvalue weighted by atomic mass is 9.46. The first-order chi connectivity index (χ1) is 21.0. The molecule has 236 valence electrons. The Bertz CT molecular complexity index is 1520. The van der Waals surface area contributed by atoms with E-state index >= 15 is 0 Å². The van der Waals surface area contributed by atoms with E-state index in [-0.39, 0.29) is 57.5 Å². The van der Waals surface area contributed by atoms with Gasteiger partial charge in [-0.15, -0.1) is 0 Å². The molecule has 0 unspecified atom stereocenters. The van der Waals surface area contributed by atoms with Crippen LogP contribution in [0.15, 0.2) is 28.4 Å². The summed E-state index contributed by atoms with van der Waals surface area (Å²) in [6.07, 6.45) is 10.1. The van der Waals surface area contributed by atoms with Crippen molar-refractivity contribution < 1.29 is 28.7 Å². The van der Waals surface area contributed by atoms with Gasteiger partial charge in [-0.25, -0.2) is 4.63 Å². The number of rotatable bonds is 10. The fourth-order valence-electron chi connectivity index (χ4n) is 9.59. The molecule has 0 saturated heterocycles. The summed E-state index contributed by atoms with van der Waals surface area (Å²) in [6.45, 7) is 6.85. The number of hydrogen-bond donors (Lipinski definition) is 1. The number of ketones is 2. The molecule has 44 heavy (non-hydrogen) atoms. The lowest BCUT2D eigenvalue weighted by Gasteiger charge is -2.60. The van der Waals surface area contributed by atoms with Gasteiger partial charge in [0.05, 0.1) is 10.6 Å². The van der Waals surface area contributed by atoms with Crippen LogP contribution in [0.3, 0.4) is 0 Å². The number of carbonyl (C=O) groups excluding carboxylic acids is 3. The highest BCUT2D eigenvalue weighted by atomic mass is 16.6. The quantitative estimate of drug-likeness (QED) is 0.140. The molecule has 0 amide bonds. The summed E-state index contributed by atoms with van der Waals surface area (Å²) >= 11 is 0. The van der Waals surface area contributed by atoms with Crippen LogP contribution in [0.2, 0.25) is 0 Å². The number of hydrogen-bond acceptors (Lipinski definition) is 10. The number of Topliss-reactive ketones (excluding diaryl/α,β-unsaturated/α-hetero) is 1. The highest BCUT2D eigenvalue weighted by Gasteiger charge is 2.63. The van der Waals surface area contributed by atoms with Gasteiger partial charge in [0, 0.05) is 37.3 Å². The van der Waals surface area contributed by atoms with Gasteiger partial charge in [0.1, 0.15) is 11.9 Å². The van der Waals surface area contributed by atoms with Gasteiger partial charge >= 0.3 is 11.7 Å². The number of nitrogens with one attached hydrogen (secondary N) is 1. The number of unbranched alkanes of at least 4 members (excludes halogenated alkanes) is 2. The number of benzene rings is 1. The molecule has 4 aliphatic carbocycles. The number of non-ortho nitro benzene ring substituents is 1. The van der Waals surface area contributed by atoms with Gasteiger partial charge in [0.25, 0.3) is 0 Å². The number of carbonyl (C=O) groups is 3. The van der Waals surface area contributed by atoms with Crippen LogP contribution < -0.4 is 5.32 Å². The maximum atomic E-state index is 13.3. The third kappa shape index (κ3) is 5.21. The van der Waals surface area contributed by atoms with Crippen molar-refractivity contribution in [3.05, 3.63) is 33.9 Å². The van der Waals surface area contributed by atoms with Crippen LogP contribution in [-0.4, -0.2) is 45.4 Å². The zero-order valence-corrected chi connectivity index (χ0v) is 25.8. The normalized spacial score (nSPS) is 32.8. The van der Waals surface area contributed by atoms with E-state index in [9.17, 15) is 24.5 Å². The van der Waals surface area contributed by atoms with E-state index in [0.29, 0.717) is 55.3 Å². The maximum absolute atomic E-state index is 13.3. The second-order valence-electron chi connectivity index (χ2n) is 14.0. The van der Waals surface area contributed by atoms with Crippen LogP contribution in [0, 0.1) is 44.6 Å². The van der Waals surface area contributed by atoms with Crippen LogP contribution in [0.5, 0.6) is 0 Å². The molecule has 1 aromatic heterocycles. The number of fused-ring (bicyclic) bond motifs is 6. The van der Waals surface area contributed by atoms with Crippen molar-refractivity contribution in [3.63, 3.8) is 0 Å². The highest BCUT2D eigenvalue weighted by Crippen LogP contribution is 2.67. The Balaban J connectivity index is 1.08. The fraction of sp³-hybridized carbons (Fsp3) is 0.667. The van der Waals surface area contributed by atoms with Crippen molar-refractivity contribution in [2.45, 2.75) is 97.5 Å². The summed E-state index contributed by atoms with van der Waals surface area (Å²) in [4.78, 5) is 49.1. The standard InChI is InChI=1S/C33H42N4O7/c1-19(38)23-10-11-24-22-9-8-20-17-21(39)14-15-32(20,2)29(22)27(18-33(23,24)3)43-28(40)7-5-4-6-16-34-25-12-13-26(37(41)42)31-30(25)35-44-36-31/h12-13,17,22-24,27,29,34H,4-11,14-16,18H2,1-3H3/t22-,23+,24-,27+,29+,32-,33+/m0/s1. The van der Waals surface area contributed by atoms with E-state index in [2.05, 4.69) is 29.5 Å². The summed E-state index contributed by atoms with van der Waals surface area (Å²) in [5.74, 6) is 1.23. The third-order valence-corrected chi connectivity index (χ3v) is 11.6. The number of nitrogens with zero attached hydrogens (tertiary/aromatic N) is 3. The Morgan fingerprint density at radius 2 is 1.91 bits per heavy atom. The Morgan fingerprint density at radius 1 is 1.11 bits per heavy atom. The molecule has 1 N–H and O–H groups in total. The minimum absolute atomic E-state index is 0.00449. The number of esters is 1. The molecule has 1 aromatic carbocycles. The molecule has 4 aliphatic rings. The van der Waals surface area contributed by atoms with Crippen LogP contribution in [0.25, 0.3) is 11.0 Å². The van der Waals surface area contributed by atoms with Gasteiger partial charge in [-0.05, 0) is 103 Å². The zero-order chi connectivity index (χ0) is 31.2. The Morgan fingerprint density at radius 3 is 2.68 bits per heavy atom. The van der Waals surface area contributed by atoms with Crippen molar-refractivity contribution in [3.8, 4) is 0 Å². The fourth-order valence-corrected chi connectivity index (χ4v) is 9.59. The van der Waals surface area contributed by atoms with E-state index in [1.807, 2.05) is 6.08 Å². The van der Waals surface area contributed by atoms with Crippen LogP contribution in [-0.2, 0) is 19.1 Å². The Hall–Kier alpha value is -3.63. The van der Waals surface area contributed by atoms with Crippen LogP contribution in [0.4, 0.5) is 11.4 Å². The second-order valence-corrected chi connectivity index (χ2v) is 14.0. The predicted molar refractivity (Wildman–Crippen MR) is 162 cm³/mol. The smallest absolute Gasteiger partial charge is 0.306 e. The summed E-state index contributed by atoms with van der Waals surface area (Å²) in [6, 6.07) is 2.98. The molecule has 1 heterocycles. The second kappa shape index (κ2) is 11.7. The van der Waals surface area contributed by atoms with Crippen molar-refractivity contribution in [1.29, 1.82) is 0 Å². The van der Waals surface area contributed by atoms with Crippen LogP contribution in [0.1, 0.15) is 91.4 Å². The van der Waals surface area contributed by atoms with Crippen molar-refractivity contribution in [2.24, 2.45) is 34.5 Å². The number of nitro groups is 1. The van der Waals surface area contributed by atoms with E-state index in [4.69, 9.17) is 9.37 Å². The van der Waals surface area contributed by atoms with Gasteiger partial charge in [-0.1, -0.05) is 25.8 Å². The van der Waals surface area contributed by atoms with Gasteiger partial charge in [0.2, 0.25) is 5.52 Å². The average Bonchev–Trinajstić information content (AvgIpc) is 3.59. The molecule has 11 nitrogen and oxygen atoms in total. The third-order valence-electron chi connectivity index (χ3n) is 11.6. The minimum atomic E-state index is -0.517. The van der Waals surface area contributed by atoms with Crippen molar-refractivity contribution in [1.82, 2.24) is 10.3 Å². The number of ether oxygens (including phenoxy) is 1. The molecule has 6 rings (SSSR count). The van der Waals surface area contributed by atoms with E-state index in [0.717, 1.165) is 44.9 Å². The average molecular weight is 607 g/mol. The molecule has 0 bridgehead atoms. The van der Waals surface area contributed by atoms with Gasteiger partial charge in [-0.3, -0.25) is 24.5 Å². The summed E-state index contributed by atoms with van der Waals surface area (Å²) in [7, 11) is 0. The SMILES string of the molecule is CC(=O)[C@H]1CC[C@H]2[C@@H]3CCC4=CC(=O)CC[C@]4(C)[C@H]3[C@H](OC(=O)CCCCCNc3ccc([N+](=O)[O-])c4nonc34)C[C@]12C. The first kappa shape index (κ1) is 30.4. The zero-order valence-electron chi connectivity index (χ0n) is 25.8. The van der Waals surface area contributed by atoms with Gasteiger partial charge in [0.15, 0.2) is 11.3 Å². The summed E-state index contributed by atoms with van der Waals surface area (Å²) in [5.41, 5.74) is 1.76. The monoisotopic (exact) mass is 606 g/mol. The molecule has 0 radical (unpaired) electrons. The van der Waals surface area contributed by atoms with Crippen molar-refractivity contribution in [2.75, 3.05) is 11.9 Å². The van der Waals surface area contributed by atoms with Gasteiger partial charge in [-0.2, -0.15) is 0 Å². The molecule has 3 fully saturated rings. The Labute approximate surface area is 256 Å². The molecule has 2 aromatic rings. The molecule has 3 saturated carbocycles. The summed E-state index contributed by atoms with van der Waals surface area (Å²) in [5, 5.41) is 21.9. The largest absolute Gasteiger partial charge is 0.462 e. The topological polar surface area (TPSA) is 155 Å². The number of anilines is 1. The molecular formula is C33H42N4O7. The molecule has 7 atom stereocenters. The molecule has 0 aliphatic heterocycles. The lowest BCUT2D eigenvalue weighted by molar-refractivity contribution is -0.383. The molecular weight excluding hydrogens is 564 g/mol.